The number of para-hydroxylation sites is 2. The van der Waals surface area contributed by atoms with Crippen molar-refractivity contribution >= 4 is 0 Å². The van der Waals surface area contributed by atoms with Crippen molar-refractivity contribution in [2.75, 3.05) is 6.61 Å². The first kappa shape index (κ1) is 12.8. The first-order valence-corrected chi connectivity index (χ1v) is 5.47. The van der Waals surface area contributed by atoms with Crippen LogP contribution in [-0.2, 0) is 0 Å². The van der Waals surface area contributed by atoms with E-state index in [4.69, 9.17) is 4.74 Å². The molecular formula is C13H20O3. The van der Waals surface area contributed by atoms with Gasteiger partial charge in [-0.3, -0.25) is 0 Å². The number of phenols is 1. The summed E-state index contributed by atoms with van der Waals surface area (Å²) in [6.45, 7) is 6.40. The summed E-state index contributed by atoms with van der Waals surface area (Å²) >= 11 is 0. The highest BCUT2D eigenvalue weighted by Crippen LogP contribution is 2.26. The summed E-state index contributed by atoms with van der Waals surface area (Å²) in [4.78, 5) is 0. The van der Waals surface area contributed by atoms with Crippen molar-refractivity contribution in [3.63, 3.8) is 0 Å². The van der Waals surface area contributed by atoms with E-state index < -0.39 is 6.10 Å². The molecule has 0 saturated carbocycles. The van der Waals surface area contributed by atoms with Crippen LogP contribution in [0.25, 0.3) is 0 Å². The van der Waals surface area contributed by atoms with E-state index in [9.17, 15) is 10.2 Å². The molecule has 0 aliphatic heterocycles. The van der Waals surface area contributed by atoms with Crippen LogP contribution in [0.3, 0.4) is 0 Å². The van der Waals surface area contributed by atoms with Crippen molar-refractivity contribution in [2.24, 2.45) is 5.41 Å². The number of ether oxygens (including phenoxy) is 1. The fraction of sp³-hybridized carbons (Fsp3) is 0.538. The van der Waals surface area contributed by atoms with E-state index in [1.807, 2.05) is 0 Å². The number of hydrogen-bond donors (Lipinski definition) is 2. The average Bonchev–Trinajstić information content (AvgIpc) is 2.14. The van der Waals surface area contributed by atoms with Crippen LogP contribution in [0.15, 0.2) is 24.3 Å². The third kappa shape index (κ3) is 4.53. The van der Waals surface area contributed by atoms with Crippen molar-refractivity contribution in [2.45, 2.75) is 33.3 Å². The zero-order valence-corrected chi connectivity index (χ0v) is 10.1. The zero-order valence-electron chi connectivity index (χ0n) is 10.1. The maximum Gasteiger partial charge on any atom is 0.161 e. The molecule has 1 unspecified atom stereocenters. The largest absolute Gasteiger partial charge is 0.504 e. The van der Waals surface area contributed by atoms with E-state index >= 15 is 0 Å². The lowest BCUT2D eigenvalue weighted by atomic mass is 9.89. The molecule has 0 aliphatic carbocycles. The molecule has 0 heterocycles. The van der Waals surface area contributed by atoms with Crippen molar-refractivity contribution in [1.29, 1.82) is 0 Å². The first-order valence-electron chi connectivity index (χ1n) is 5.47. The molecule has 3 nitrogen and oxygen atoms in total. The molecule has 3 heteroatoms. The van der Waals surface area contributed by atoms with Crippen molar-refractivity contribution in [3.8, 4) is 11.5 Å². The van der Waals surface area contributed by atoms with Crippen LogP contribution in [0.4, 0.5) is 0 Å². The number of rotatable bonds is 4. The van der Waals surface area contributed by atoms with Gasteiger partial charge in [0.25, 0.3) is 0 Å². The molecule has 0 bridgehead atoms. The lowest BCUT2D eigenvalue weighted by Gasteiger charge is -2.22. The lowest BCUT2D eigenvalue weighted by Crippen LogP contribution is -2.23. The van der Waals surface area contributed by atoms with Gasteiger partial charge in [0, 0.05) is 0 Å². The standard InChI is InChI=1S/C13H20O3/c1-13(2,3)8-10(14)9-16-12-7-5-4-6-11(12)15/h4-7,10,14-15H,8-9H2,1-3H3. The third-order valence-corrected chi connectivity index (χ3v) is 2.14. The second-order valence-corrected chi connectivity index (χ2v) is 5.20. The molecule has 2 N–H and O–H groups in total. The molecule has 1 atom stereocenters. The second-order valence-electron chi connectivity index (χ2n) is 5.20. The summed E-state index contributed by atoms with van der Waals surface area (Å²) in [5, 5.41) is 19.2. The minimum Gasteiger partial charge on any atom is -0.504 e. The molecule has 0 spiro atoms. The van der Waals surface area contributed by atoms with Crippen molar-refractivity contribution in [1.82, 2.24) is 0 Å². The number of phenolic OH excluding ortho intramolecular Hbond substituents is 1. The SMILES string of the molecule is CC(C)(C)CC(O)COc1ccccc1O. The molecule has 90 valence electrons. The van der Waals surface area contributed by atoms with E-state index in [1.165, 1.54) is 0 Å². The molecule has 0 aromatic heterocycles. The molecule has 1 aromatic rings. The summed E-state index contributed by atoms with van der Waals surface area (Å²) < 4.78 is 5.34. The van der Waals surface area contributed by atoms with E-state index in [2.05, 4.69) is 20.8 Å². The number of aliphatic hydroxyl groups is 1. The van der Waals surface area contributed by atoms with Gasteiger partial charge in [0.1, 0.15) is 6.61 Å². The van der Waals surface area contributed by atoms with Gasteiger partial charge in [-0.1, -0.05) is 32.9 Å². The molecule has 0 saturated heterocycles. The molecule has 1 rings (SSSR count). The summed E-state index contributed by atoms with van der Waals surface area (Å²) in [6, 6.07) is 6.75. The Bertz CT molecular complexity index is 328. The van der Waals surface area contributed by atoms with Crippen LogP contribution in [0.5, 0.6) is 11.5 Å². The second kappa shape index (κ2) is 5.21. The fourth-order valence-electron chi connectivity index (χ4n) is 1.53. The minimum absolute atomic E-state index is 0.0709. The van der Waals surface area contributed by atoms with Crippen molar-refractivity contribution in [3.05, 3.63) is 24.3 Å². The zero-order chi connectivity index (χ0) is 12.2. The van der Waals surface area contributed by atoms with E-state index in [1.54, 1.807) is 24.3 Å². The van der Waals surface area contributed by atoms with E-state index in [0.717, 1.165) is 0 Å². The van der Waals surface area contributed by atoms with Crippen LogP contribution in [0.1, 0.15) is 27.2 Å². The monoisotopic (exact) mass is 224 g/mol. The lowest BCUT2D eigenvalue weighted by molar-refractivity contribution is 0.0700. The Balaban J connectivity index is 2.43. The summed E-state index contributed by atoms with van der Waals surface area (Å²) in [5.74, 6) is 0.515. The number of benzene rings is 1. The number of hydrogen-bond acceptors (Lipinski definition) is 3. The van der Waals surface area contributed by atoms with Gasteiger partial charge >= 0.3 is 0 Å². The number of aromatic hydroxyl groups is 1. The first-order chi connectivity index (χ1) is 7.38. The van der Waals surface area contributed by atoms with Gasteiger partial charge in [-0.05, 0) is 24.0 Å². The van der Waals surface area contributed by atoms with E-state index in [0.29, 0.717) is 12.2 Å². The molecule has 0 radical (unpaired) electrons. The topological polar surface area (TPSA) is 49.7 Å². The Kier molecular flexibility index (Phi) is 4.19. The molecule has 0 fully saturated rings. The van der Waals surface area contributed by atoms with Crippen LogP contribution < -0.4 is 4.74 Å². The summed E-state index contributed by atoms with van der Waals surface area (Å²) in [6.07, 6.45) is 0.153. The Labute approximate surface area is 96.7 Å². The fourth-order valence-corrected chi connectivity index (χ4v) is 1.53. The maximum absolute atomic E-state index is 9.73. The smallest absolute Gasteiger partial charge is 0.161 e. The number of aliphatic hydroxyl groups excluding tert-OH is 1. The maximum atomic E-state index is 9.73. The highest BCUT2D eigenvalue weighted by Gasteiger charge is 2.17. The van der Waals surface area contributed by atoms with Crippen LogP contribution in [0.2, 0.25) is 0 Å². The Morgan fingerprint density at radius 1 is 1.25 bits per heavy atom. The Morgan fingerprint density at radius 3 is 2.44 bits per heavy atom. The third-order valence-electron chi connectivity index (χ3n) is 2.14. The molecule has 16 heavy (non-hydrogen) atoms. The van der Waals surface area contributed by atoms with Gasteiger partial charge in [0.05, 0.1) is 6.10 Å². The van der Waals surface area contributed by atoms with Crippen LogP contribution >= 0.6 is 0 Å². The average molecular weight is 224 g/mol. The van der Waals surface area contributed by atoms with Crippen LogP contribution in [0, 0.1) is 5.41 Å². The van der Waals surface area contributed by atoms with E-state index in [-0.39, 0.29) is 17.8 Å². The molecule has 0 amide bonds. The quantitative estimate of drug-likeness (QED) is 0.826. The van der Waals surface area contributed by atoms with Gasteiger partial charge in [0.2, 0.25) is 0 Å². The predicted octanol–water partition coefficient (Wildman–Crippen LogP) is 2.57. The molecule has 1 aromatic carbocycles. The van der Waals surface area contributed by atoms with Gasteiger partial charge in [-0.25, -0.2) is 0 Å². The molecule has 0 aliphatic rings. The van der Waals surface area contributed by atoms with Crippen LogP contribution in [-0.4, -0.2) is 22.9 Å². The summed E-state index contributed by atoms with van der Waals surface area (Å²) in [5.41, 5.74) is 0.0709. The normalized spacial score (nSPS) is 13.5. The van der Waals surface area contributed by atoms with Gasteiger partial charge in [0.15, 0.2) is 11.5 Å². The molecular weight excluding hydrogens is 204 g/mol. The van der Waals surface area contributed by atoms with Gasteiger partial charge in [-0.2, -0.15) is 0 Å². The van der Waals surface area contributed by atoms with Gasteiger partial charge < -0.3 is 14.9 Å². The van der Waals surface area contributed by atoms with Crippen molar-refractivity contribution < 1.29 is 14.9 Å². The predicted molar refractivity (Wildman–Crippen MR) is 63.7 cm³/mol. The summed E-state index contributed by atoms with van der Waals surface area (Å²) in [7, 11) is 0. The van der Waals surface area contributed by atoms with Gasteiger partial charge in [-0.15, -0.1) is 0 Å². The minimum atomic E-state index is -0.514. The highest BCUT2D eigenvalue weighted by molar-refractivity contribution is 5.37. The Hall–Kier alpha value is -1.22. The Morgan fingerprint density at radius 2 is 1.88 bits per heavy atom. The highest BCUT2D eigenvalue weighted by atomic mass is 16.5.